The largest absolute Gasteiger partial charge is 0.511 e. The Morgan fingerprint density at radius 1 is 1.32 bits per heavy atom. The minimum atomic E-state index is -0.424. The highest BCUT2D eigenvalue weighted by atomic mass is 32.1. The van der Waals surface area contributed by atoms with Gasteiger partial charge in [-0.1, -0.05) is 30.3 Å². The van der Waals surface area contributed by atoms with Crippen molar-refractivity contribution in [3.05, 3.63) is 63.2 Å². The summed E-state index contributed by atoms with van der Waals surface area (Å²) in [6, 6.07) is 9.62. The second kappa shape index (κ2) is 8.52. The second-order valence-electron chi connectivity index (χ2n) is 6.67. The Morgan fingerprint density at radius 3 is 2.71 bits per heavy atom. The van der Waals surface area contributed by atoms with Crippen LogP contribution in [0.25, 0.3) is 0 Å². The third-order valence-electron chi connectivity index (χ3n) is 4.93. The van der Waals surface area contributed by atoms with E-state index in [2.05, 4.69) is 4.99 Å². The number of aryl methyl sites for hydroxylation is 1. The van der Waals surface area contributed by atoms with Gasteiger partial charge in [-0.25, -0.2) is 9.79 Å². The van der Waals surface area contributed by atoms with E-state index in [1.807, 2.05) is 44.2 Å². The van der Waals surface area contributed by atoms with Gasteiger partial charge in [0.15, 0.2) is 5.78 Å². The summed E-state index contributed by atoms with van der Waals surface area (Å²) in [5.41, 5.74) is 2.42. The monoisotopic (exact) mass is 397 g/mol. The van der Waals surface area contributed by atoms with Gasteiger partial charge in [0, 0.05) is 23.4 Å². The first-order chi connectivity index (χ1) is 13.4. The van der Waals surface area contributed by atoms with Crippen LogP contribution in [0.5, 0.6) is 0 Å². The second-order valence-corrected chi connectivity index (χ2v) is 7.87. The summed E-state index contributed by atoms with van der Waals surface area (Å²) in [4.78, 5) is 30.1. The normalized spacial score (nSPS) is 17.4. The van der Waals surface area contributed by atoms with E-state index in [1.54, 1.807) is 6.92 Å². The molecule has 0 amide bonds. The van der Waals surface area contributed by atoms with Crippen molar-refractivity contribution in [1.29, 1.82) is 0 Å². The number of carbonyl (C=O) groups is 2. The lowest BCUT2D eigenvalue weighted by atomic mass is 9.83. The van der Waals surface area contributed by atoms with E-state index in [-0.39, 0.29) is 29.6 Å². The number of esters is 1. The molecule has 1 aromatic carbocycles. The molecule has 1 heterocycles. The Hall–Kier alpha value is -2.73. The summed E-state index contributed by atoms with van der Waals surface area (Å²) < 4.78 is 5.14. The van der Waals surface area contributed by atoms with Crippen molar-refractivity contribution in [1.82, 2.24) is 0 Å². The number of aliphatic imine (C=N–C) groups is 1. The van der Waals surface area contributed by atoms with Crippen LogP contribution in [0, 0.1) is 13.8 Å². The number of carbonyl (C=O) groups excluding carboxylic acids is 2. The molecule has 0 fully saturated rings. The lowest BCUT2D eigenvalue weighted by molar-refractivity contribution is -0.115. The van der Waals surface area contributed by atoms with E-state index in [0.29, 0.717) is 23.4 Å². The molecule has 0 unspecified atom stereocenters. The zero-order chi connectivity index (χ0) is 20.3. The summed E-state index contributed by atoms with van der Waals surface area (Å²) in [6.07, 6.45) is 2.30. The molecule has 0 spiro atoms. The quantitative estimate of drug-likeness (QED) is 0.555. The lowest BCUT2D eigenvalue weighted by Gasteiger charge is -2.22. The molecule has 0 aliphatic heterocycles. The molecule has 3 rings (SSSR count). The van der Waals surface area contributed by atoms with Crippen LogP contribution in [0.2, 0.25) is 0 Å². The number of aliphatic hydroxyl groups is 1. The third kappa shape index (κ3) is 3.92. The average molecular weight is 397 g/mol. The minimum absolute atomic E-state index is 0.0360. The molecule has 1 atom stereocenters. The van der Waals surface area contributed by atoms with Crippen LogP contribution in [0.15, 0.2) is 46.7 Å². The van der Waals surface area contributed by atoms with Crippen LogP contribution >= 0.6 is 11.3 Å². The number of hydrogen-bond acceptors (Lipinski definition) is 6. The van der Waals surface area contributed by atoms with E-state index >= 15 is 0 Å². The molecule has 1 N–H and O–H groups in total. The lowest BCUT2D eigenvalue weighted by Crippen LogP contribution is -2.19. The molecule has 2 aromatic rings. The van der Waals surface area contributed by atoms with Crippen molar-refractivity contribution in [2.45, 2.75) is 39.5 Å². The van der Waals surface area contributed by atoms with Gasteiger partial charge < -0.3 is 9.84 Å². The molecule has 1 aromatic heterocycles. The van der Waals surface area contributed by atoms with E-state index in [1.165, 1.54) is 17.6 Å². The number of thiophene rings is 1. The van der Waals surface area contributed by atoms with Gasteiger partial charge in [0.2, 0.25) is 0 Å². The van der Waals surface area contributed by atoms with Crippen LogP contribution < -0.4 is 0 Å². The number of rotatable bonds is 5. The van der Waals surface area contributed by atoms with Crippen LogP contribution in [0.1, 0.15) is 52.0 Å². The Kier molecular flexibility index (Phi) is 6.09. The molecule has 28 heavy (non-hydrogen) atoms. The Morgan fingerprint density at radius 2 is 2.04 bits per heavy atom. The maximum Gasteiger partial charge on any atom is 0.341 e. The highest BCUT2D eigenvalue weighted by molar-refractivity contribution is 7.16. The van der Waals surface area contributed by atoms with Crippen molar-refractivity contribution in [2.75, 3.05) is 6.61 Å². The topological polar surface area (TPSA) is 76.0 Å². The summed E-state index contributed by atoms with van der Waals surface area (Å²) in [6.45, 7) is 5.79. The van der Waals surface area contributed by atoms with Crippen molar-refractivity contribution in [3.8, 4) is 0 Å². The van der Waals surface area contributed by atoms with Gasteiger partial charge in [-0.05, 0) is 38.3 Å². The molecule has 0 radical (unpaired) electrons. The van der Waals surface area contributed by atoms with Crippen LogP contribution in [0.4, 0.5) is 5.00 Å². The fourth-order valence-electron chi connectivity index (χ4n) is 3.29. The first-order valence-electron chi connectivity index (χ1n) is 9.26. The molecule has 0 bridgehead atoms. The highest BCUT2D eigenvalue weighted by Crippen LogP contribution is 2.37. The average Bonchev–Trinajstić information content (AvgIpc) is 2.96. The van der Waals surface area contributed by atoms with Gasteiger partial charge in [-0.15, -0.1) is 11.3 Å². The van der Waals surface area contributed by atoms with Crippen molar-refractivity contribution in [3.63, 3.8) is 0 Å². The molecule has 6 heteroatoms. The van der Waals surface area contributed by atoms with Crippen molar-refractivity contribution in [2.24, 2.45) is 4.99 Å². The molecule has 1 aliphatic rings. The molecule has 0 saturated heterocycles. The Labute approximate surface area is 168 Å². The molecular weight excluding hydrogens is 374 g/mol. The third-order valence-corrected chi connectivity index (χ3v) is 6.04. The number of Topliss-reactive ketones (excluding diaryl/α,β-unsaturated/α-hetero) is 1. The summed E-state index contributed by atoms with van der Waals surface area (Å²) in [7, 11) is 0. The maximum atomic E-state index is 12.4. The van der Waals surface area contributed by atoms with Gasteiger partial charge >= 0.3 is 5.97 Å². The summed E-state index contributed by atoms with van der Waals surface area (Å²) in [5.74, 6) is -0.756. The standard InChI is InChI=1S/C22H23NO4S/c1-4-27-22(26)19-13(2)14(3)28-21(19)23-12-17-18(24)11-10-16(20(17)25)15-8-6-5-7-9-15/h5-9,12,16,25H,4,10-11H2,1-3H3/b23-12+/t16-/m0/s1. The van der Waals surface area contributed by atoms with E-state index in [0.717, 1.165) is 16.0 Å². The summed E-state index contributed by atoms with van der Waals surface area (Å²) in [5, 5.41) is 11.2. The predicted octanol–water partition coefficient (Wildman–Crippen LogP) is 5.20. The number of aliphatic hydroxyl groups excluding tert-OH is 1. The molecule has 146 valence electrons. The zero-order valence-corrected chi connectivity index (χ0v) is 17.0. The number of allylic oxidation sites excluding steroid dienone is 2. The van der Waals surface area contributed by atoms with Gasteiger partial charge in [-0.3, -0.25) is 4.79 Å². The maximum absolute atomic E-state index is 12.4. The van der Waals surface area contributed by atoms with Crippen LogP contribution in [-0.4, -0.2) is 29.7 Å². The van der Waals surface area contributed by atoms with E-state index in [4.69, 9.17) is 4.74 Å². The molecule has 1 aliphatic carbocycles. The van der Waals surface area contributed by atoms with E-state index in [9.17, 15) is 14.7 Å². The Bertz CT molecular complexity index is 956. The zero-order valence-electron chi connectivity index (χ0n) is 16.2. The minimum Gasteiger partial charge on any atom is -0.511 e. The number of nitrogens with zero attached hydrogens (tertiary/aromatic N) is 1. The summed E-state index contributed by atoms with van der Waals surface area (Å²) >= 11 is 1.37. The van der Waals surface area contributed by atoms with Crippen LogP contribution in [-0.2, 0) is 9.53 Å². The Balaban J connectivity index is 1.98. The van der Waals surface area contributed by atoms with Gasteiger partial charge in [0.25, 0.3) is 0 Å². The van der Waals surface area contributed by atoms with Crippen LogP contribution in [0.3, 0.4) is 0 Å². The number of hydrogen-bond donors (Lipinski definition) is 1. The van der Waals surface area contributed by atoms with E-state index < -0.39 is 5.97 Å². The molecular formula is C22H23NO4S. The highest BCUT2D eigenvalue weighted by Gasteiger charge is 2.29. The fourth-order valence-corrected chi connectivity index (χ4v) is 4.28. The SMILES string of the molecule is CCOC(=O)c1c(/N=C/C2=C(O)[C@H](c3ccccc3)CCC2=O)sc(C)c1C. The fraction of sp³-hybridized carbons (Fsp3) is 0.318. The van der Waals surface area contributed by atoms with Gasteiger partial charge in [0.1, 0.15) is 10.8 Å². The first-order valence-corrected chi connectivity index (χ1v) is 10.1. The number of benzene rings is 1. The number of ether oxygens (including phenoxy) is 1. The first kappa shape index (κ1) is 20.0. The molecule has 0 saturated carbocycles. The van der Waals surface area contributed by atoms with Gasteiger partial charge in [-0.2, -0.15) is 0 Å². The van der Waals surface area contributed by atoms with Gasteiger partial charge in [0.05, 0.1) is 17.7 Å². The number of ketones is 1. The van der Waals surface area contributed by atoms with Crippen molar-refractivity contribution < 1.29 is 19.4 Å². The van der Waals surface area contributed by atoms with Crippen molar-refractivity contribution >= 4 is 34.3 Å². The predicted molar refractivity (Wildman–Crippen MR) is 111 cm³/mol. The smallest absolute Gasteiger partial charge is 0.341 e. The molecule has 5 nitrogen and oxygen atoms in total.